The molecule has 1 aliphatic rings. The van der Waals surface area contributed by atoms with Crippen molar-refractivity contribution in [1.29, 1.82) is 0 Å². The minimum atomic E-state index is -0.582. The van der Waals surface area contributed by atoms with E-state index in [-0.39, 0.29) is 28.1 Å². The fourth-order valence-electron chi connectivity index (χ4n) is 2.12. The van der Waals surface area contributed by atoms with Crippen LogP contribution in [0.2, 0.25) is 5.02 Å². The maximum Gasteiger partial charge on any atom is 0.288 e. The van der Waals surface area contributed by atoms with Gasteiger partial charge in [-0.15, -0.1) is 0 Å². The van der Waals surface area contributed by atoms with Crippen molar-refractivity contribution in [2.24, 2.45) is 4.99 Å². The number of hydrogen-bond donors (Lipinski definition) is 1. The summed E-state index contributed by atoms with van der Waals surface area (Å²) in [5.74, 6) is -0.117. The topological polar surface area (TPSA) is 84.6 Å². The average Bonchev–Trinajstić information content (AvgIpc) is 2.90. The molecule has 1 heterocycles. The van der Waals surface area contributed by atoms with E-state index in [2.05, 4.69) is 26.2 Å². The lowest BCUT2D eigenvalue weighted by molar-refractivity contribution is -0.384. The average molecular weight is 407 g/mol. The third-order valence-electron chi connectivity index (χ3n) is 3.29. The molecule has 0 bridgehead atoms. The van der Waals surface area contributed by atoms with Crippen LogP contribution in [0.5, 0.6) is 0 Å². The Kier molecular flexibility index (Phi) is 4.46. The van der Waals surface area contributed by atoms with Crippen LogP contribution in [0.25, 0.3) is 6.08 Å². The number of nitro benzene ring substituents is 1. The summed E-state index contributed by atoms with van der Waals surface area (Å²) in [5.41, 5.74) is 1.22. The Hall–Kier alpha value is -2.51. The molecule has 6 nitrogen and oxygen atoms in total. The largest absolute Gasteiger partial charge is 0.305 e. The van der Waals surface area contributed by atoms with Crippen LogP contribution in [-0.2, 0) is 4.79 Å². The standard InChI is InChI=1S/C16H9BrClN3O3/c17-11-4-1-9(2-5-11)7-13-16(22)20-15(19-13)10-3-6-12(18)14(8-10)21(23)24/h1-8H,(H,19,20,22)/b13-7+. The predicted molar refractivity (Wildman–Crippen MR) is 94.9 cm³/mol. The summed E-state index contributed by atoms with van der Waals surface area (Å²) in [6.45, 7) is 0. The summed E-state index contributed by atoms with van der Waals surface area (Å²) in [4.78, 5) is 26.7. The number of nitrogens with one attached hydrogen (secondary N) is 1. The summed E-state index contributed by atoms with van der Waals surface area (Å²) in [6, 6.07) is 11.6. The van der Waals surface area contributed by atoms with Gasteiger partial charge in [-0.1, -0.05) is 39.7 Å². The summed E-state index contributed by atoms with van der Waals surface area (Å²) >= 11 is 9.13. The van der Waals surface area contributed by atoms with Gasteiger partial charge in [-0.2, -0.15) is 0 Å². The van der Waals surface area contributed by atoms with Gasteiger partial charge in [0.1, 0.15) is 16.6 Å². The Balaban J connectivity index is 1.96. The summed E-state index contributed by atoms with van der Waals surface area (Å²) in [5, 5.41) is 13.6. The molecule has 0 fully saturated rings. The minimum absolute atomic E-state index is 0.0271. The molecule has 1 amide bonds. The van der Waals surface area contributed by atoms with Gasteiger partial charge in [0.2, 0.25) is 0 Å². The molecule has 24 heavy (non-hydrogen) atoms. The van der Waals surface area contributed by atoms with E-state index >= 15 is 0 Å². The van der Waals surface area contributed by atoms with Gasteiger partial charge >= 0.3 is 0 Å². The molecule has 0 aliphatic carbocycles. The number of carbonyl (C=O) groups is 1. The van der Waals surface area contributed by atoms with Crippen LogP contribution in [0.1, 0.15) is 11.1 Å². The molecule has 1 aliphatic heterocycles. The highest BCUT2D eigenvalue weighted by atomic mass is 79.9. The van der Waals surface area contributed by atoms with Gasteiger partial charge in [-0.05, 0) is 35.9 Å². The third kappa shape index (κ3) is 3.37. The fraction of sp³-hybridized carbons (Fsp3) is 0. The molecule has 1 N–H and O–H groups in total. The number of amides is 1. The summed E-state index contributed by atoms with van der Waals surface area (Å²) in [7, 11) is 0. The van der Waals surface area contributed by atoms with Gasteiger partial charge in [-0.3, -0.25) is 14.9 Å². The first kappa shape index (κ1) is 16.4. The lowest BCUT2D eigenvalue weighted by Crippen LogP contribution is -2.24. The monoisotopic (exact) mass is 405 g/mol. The van der Waals surface area contributed by atoms with Crippen molar-refractivity contribution in [2.75, 3.05) is 0 Å². The Bertz CT molecular complexity index is 907. The van der Waals surface area contributed by atoms with Gasteiger partial charge in [0.05, 0.1) is 4.92 Å². The number of amidine groups is 1. The zero-order valence-corrected chi connectivity index (χ0v) is 14.3. The van der Waals surface area contributed by atoms with Crippen LogP contribution in [0.4, 0.5) is 5.69 Å². The molecule has 0 aromatic heterocycles. The number of aliphatic imine (C=N–C) groups is 1. The van der Waals surface area contributed by atoms with Gasteiger partial charge in [0, 0.05) is 16.1 Å². The second-order valence-electron chi connectivity index (χ2n) is 4.92. The summed E-state index contributed by atoms with van der Waals surface area (Å²) < 4.78 is 0.929. The van der Waals surface area contributed by atoms with E-state index in [0.29, 0.717) is 5.56 Å². The van der Waals surface area contributed by atoms with E-state index in [1.54, 1.807) is 12.1 Å². The van der Waals surface area contributed by atoms with Gasteiger partial charge in [-0.25, -0.2) is 4.99 Å². The Labute approximate surface area is 150 Å². The molecule has 3 rings (SSSR count). The highest BCUT2D eigenvalue weighted by Crippen LogP contribution is 2.26. The SMILES string of the molecule is O=C1NC(c2ccc(Cl)c([N+](=O)[O-])c2)=N/C1=C/c1ccc(Br)cc1. The molecule has 2 aromatic rings. The first-order valence-corrected chi connectivity index (χ1v) is 7.93. The van der Waals surface area contributed by atoms with Crippen LogP contribution in [0.3, 0.4) is 0 Å². The molecule has 0 atom stereocenters. The van der Waals surface area contributed by atoms with Crippen molar-refractivity contribution in [3.63, 3.8) is 0 Å². The fourth-order valence-corrected chi connectivity index (χ4v) is 2.57. The molecule has 0 saturated carbocycles. The highest BCUT2D eigenvalue weighted by Gasteiger charge is 2.23. The lowest BCUT2D eigenvalue weighted by Gasteiger charge is -2.01. The van der Waals surface area contributed by atoms with Crippen molar-refractivity contribution >= 4 is 51.0 Å². The van der Waals surface area contributed by atoms with Crippen molar-refractivity contribution in [3.8, 4) is 0 Å². The lowest BCUT2D eigenvalue weighted by atomic mass is 10.2. The second kappa shape index (κ2) is 6.54. The number of carbonyl (C=O) groups excluding carboxylic acids is 1. The molecule has 0 radical (unpaired) electrons. The molecule has 2 aromatic carbocycles. The maximum atomic E-state index is 12.1. The van der Waals surface area contributed by atoms with Crippen LogP contribution in [-0.4, -0.2) is 16.7 Å². The minimum Gasteiger partial charge on any atom is -0.305 e. The maximum absolute atomic E-state index is 12.1. The van der Waals surface area contributed by atoms with E-state index in [0.717, 1.165) is 10.0 Å². The first-order valence-electron chi connectivity index (χ1n) is 6.75. The molecule has 120 valence electrons. The van der Waals surface area contributed by atoms with Crippen LogP contribution in [0.15, 0.2) is 57.6 Å². The van der Waals surface area contributed by atoms with E-state index in [1.807, 2.05) is 24.3 Å². The smallest absolute Gasteiger partial charge is 0.288 e. The number of halogens is 2. The Morgan fingerprint density at radius 3 is 2.58 bits per heavy atom. The molecular weight excluding hydrogens is 398 g/mol. The van der Waals surface area contributed by atoms with Crippen molar-refractivity contribution < 1.29 is 9.72 Å². The van der Waals surface area contributed by atoms with E-state index in [9.17, 15) is 14.9 Å². The third-order valence-corrected chi connectivity index (χ3v) is 4.13. The zero-order chi connectivity index (χ0) is 17.3. The number of hydrogen-bond acceptors (Lipinski definition) is 4. The van der Waals surface area contributed by atoms with Crippen molar-refractivity contribution in [2.45, 2.75) is 0 Å². The normalized spacial score (nSPS) is 15.3. The number of rotatable bonds is 3. The highest BCUT2D eigenvalue weighted by molar-refractivity contribution is 9.10. The number of nitrogens with zero attached hydrogens (tertiary/aromatic N) is 2. The Morgan fingerprint density at radius 1 is 1.21 bits per heavy atom. The molecular formula is C16H9BrClN3O3. The zero-order valence-electron chi connectivity index (χ0n) is 12.0. The van der Waals surface area contributed by atoms with Gasteiger partial charge < -0.3 is 5.32 Å². The Morgan fingerprint density at radius 2 is 1.92 bits per heavy atom. The second-order valence-corrected chi connectivity index (χ2v) is 6.24. The quantitative estimate of drug-likeness (QED) is 0.476. The first-order chi connectivity index (χ1) is 11.4. The van der Waals surface area contributed by atoms with Crippen LogP contribution >= 0.6 is 27.5 Å². The molecule has 0 saturated heterocycles. The molecule has 0 unspecified atom stereocenters. The van der Waals surface area contributed by atoms with Gasteiger partial charge in [0.15, 0.2) is 0 Å². The van der Waals surface area contributed by atoms with E-state index in [1.165, 1.54) is 12.1 Å². The molecule has 8 heteroatoms. The van der Waals surface area contributed by atoms with E-state index < -0.39 is 4.92 Å². The number of benzene rings is 2. The van der Waals surface area contributed by atoms with Crippen molar-refractivity contribution in [3.05, 3.63) is 78.9 Å². The van der Waals surface area contributed by atoms with Crippen molar-refractivity contribution in [1.82, 2.24) is 5.32 Å². The predicted octanol–water partition coefficient (Wildman–Crippen LogP) is 3.93. The van der Waals surface area contributed by atoms with Crippen LogP contribution < -0.4 is 5.32 Å². The molecule has 0 spiro atoms. The number of nitro groups is 1. The summed E-state index contributed by atoms with van der Waals surface area (Å²) in [6.07, 6.45) is 1.64. The van der Waals surface area contributed by atoms with Crippen LogP contribution in [0, 0.1) is 10.1 Å². The van der Waals surface area contributed by atoms with Gasteiger partial charge in [0.25, 0.3) is 11.6 Å². The van der Waals surface area contributed by atoms with E-state index in [4.69, 9.17) is 11.6 Å².